The van der Waals surface area contributed by atoms with E-state index < -0.39 is 0 Å². The number of fused-ring (bicyclic) bond motifs is 11. The Balaban J connectivity index is 1.10. The number of hydrogen-bond donors (Lipinski definition) is 0. The molecule has 0 amide bonds. The minimum Gasteiger partial charge on any atom is -0.309 e. The highest BCUT2D eigenvalue weighted by molar-refractivity contribution is 6.19. The zero-order chi connectivity index (χ0) is 38.6. The van der Waals surface area contributed by atoms with E-state index >= 15 is 0 Å². The third kappa shape index (κ3) is 4.67. The summed E-state index contributed by atoms with van der Waals surface area (Å²) in [5, 5.41) is 9.57. The molecule has 0 aliphatic heterocycles. The molecule has 0 bridgehead atoms. The van der Waals surface area contributed by atoms with Crippen LogP contribution in [0.3, 0.4) is 0 Å². The van der Waals surface area contributed by atoms with E-state index in [2.05, 4.69) is 202 Å². The second kappa shape index (κ2) is 12.2. The molecule has 0 radical (unpaired) electrons. The second-order valence-electron chi connectivity index (χ2n) is 15.4. The van der Waals surface area contributed by atoms with Crippen molar-refractivity contribution in [2.24, 2.45) is 0 Å². The molecule has 274 valence electrons. The van der Waals surface area contributed by atoms with Crippen molar-refractivity contribution < 1.29 is 0 Å². The molecule has 0 spiro atoms. The van der Waals surface area contributed by atoms with Crippen LogP contribution in [0, 0.1) is 0 Å². The number of benzene rings is 9. The minimum absolute atomic E-state index is 0.808. The van der Waals surface area contributed by atoms with Crippen molar-refractivity contribution in [2.75, 3.05) is 0 Å². The second-order valence-corrected chi connectivity index (χ2v) is 15.4. The van der Waals surface area contributed by atoms with Crippen LogP contribution in [0.25, 0.3) is 116 Å². The zero-order valence-corrected chi connectivity index (χ0v) is 31.8. The van der Waals surface area contributed by atoms with Crippen molar-refractivity contribution in [2.45, 2.75) is 0 Å². The highest BCUT2D eigenvalue weighted by atomic mass is 15.1. The Bertz CT molecular complexity index is 3830. The van der Waals surface area contributed by atoms with E-state index in [9.17, 15) is 0 Å². The van der Waals surface area contributed by atoms with E-state index in [0.717, 1.165) is 56.0 Å². The molecule has 0 aliphatic rings. The van der Waals surface area contributed by atoms with Crippen molar-refractivity contribution in [3.05, 3.63) is 200 Å². The van der Waals surface area contributed by atoms with Crippen LogP contribution in [0.2, 0.25) is 0 Å². The number of nitrogens with zero attached hydrogens (tertiary/aromatic N) is 5. The average molecular weight is 752 g/mol. The average Bonchev–Trinajstić information content (AvgIpc) is 3.92. The molecule has 13 aromatic rings. The first-order valence-corrected chi connectivity index (χ1v) is 20.1. The van der Waals surface area contributed by atoms with E-state index in [1.165, 1.54) is 59.6 Å². The molecule has 0 aliphatic carbocycles. The lowest BCUT2D eigenvalue weighted by molar-refractivity contribution is 1.08. The zero-order valence-electron chi connectivity index (χ0n) is 31.8. The van der Waals surface area contributed by atoms with Gasteiger partial charge in [0.25, 0.3) is 0 Å². The number of rotatable bonds is 4. The maximum absolute atomic E-state index is 5.49. The largest absolute Gasteiger partial charge is 0.309 e. The molecule has 0 saturated heterocycles. The van der Waals surface area contributed by atoms with Crippen LogP contribution in [0.15, 0.2) is 200 Å². The standard InChI is InChI=1S/C54H33N5/c1-3-15-37(16-4-1)57-47-24-12-7-19-39(47)42-29-34(27-28-50(42)57)53-54(56-46-23-11-10-22-45(46)55-53)59-49-26-14-9-21-41(49)44-31-35-32-51-43(30-36(35)33-52(44)59)40-20-8-13-25-48(40)58(51)38-17-5-2-6-18-38/h1-33H. The van der Waals surface area contributed by atoms with Crippen molar-refractivity contribution >= 4 is 87.2 Å². The van der Waals surface area contributed by atoms with Crippen LogP contribution < -0.4 is 0 Å². The predicted octanol–water partition coefficient (Wildman–Crippen LogP) is 13.7. The molecule has 0 saturated carbocycles. The van der Waals surface area contributed by atoms with Gasteiger partial charge in [0.1, 0.15) is 5.69 Å². The Kier molecular flexibility index (Phi) is 6.66. The van der Waals surface area contributed by atoms with Gasteiger partial charge < -0.3 is 9.13 Å². The summed E-state index contributed by atoms with van der Waals surface area (Å²) in [6.07, 6.45) is 0. The van der Waals surface area contributed by atoms with Crippen LogP contribution in [0.1, 0.15) is 0 Å². The lowest BCUT2D eigenvalue weighted by Gasteiger charge is -2.14. The Morgan fingerprint density at radius 3 is 1.29 bits per heavy atom. The van der Waals surface area contributed by atoms with E-state index in [-0.39, 0.29) is 0 Å². The van der Waals surface area contributed by atoms with Gasteiger partial charge in [0.15, 0.2) is 5.82 Å². The van der Waals surface area contributed by atoms with Crippen molar-refractivity contribution in [3.8, 4) is 28.5 Å². The van der Waals surface area contributed by atoms with Gasteiger partial charge in [-0.1, -0.05) is 109 Å². The Labute approximate surface area is 338 Å². The summed E-state index contributed by atoms with van der Waals surface area (Å²) in [5.41, 5.74) is 12.8. The Morgan fingerprint density at radius 2 is 0.712 bits per heavy atom. The molecule has 5 nitrogen and oxygen atoms in total. The quantitative estimate of drug-likeness (QED) is 0.180. The fourth-order valence-corrected chi connectivity index (χ4v) is 9.58. The minimum atomic E-state index is 0.808. The lowest BCUT2D eigenvalue weighted by Crippen LogP contribution is -2.03. The molecule has 4 aromatic heterocycles. The summed E-state index contributed by atoms with van der Waals surface area (Å²) in [5.74, 6) is 0.808. The summed E-state index contributed by atoms with van der Waals surface area (Å²) in [6, 6.07) is 71.8. The lowest BCUT2D eigenvalue weighted by atomic mass is 10.0. The maximum atomic E-state index is 5.49. The topological polar surface area (TPSA) is 40.6 Å². The van der Waals surface area contributed by atoms with Crippen LogP contribution in [-0.2, 0) is 0 Å². The number of hydrogen-bond acceptors (Lipinski definition) is 2. The first kappa shape index (κ1) is 32.1. The van der Waals surface area contributed by atoms with Crippen LogP contribution in [-0.4, -0.2) is 23.7 Å². The van der Waals surface area contributed by atoms with Gasteiger partial charge in [-0.3, -0.25) is 4.57 Å². The normalized spacial score (nSPS) is 12.1. The summed E-state index contributed by atoms with van der Waals surface area (Å²) in [4.78, 5) is 10.9. The van der Waals surface area contributed by atoms with Crippen LogP contribution >= 0.6 is 0 Å². The third-order valence-electron chi connectivity index (χ3n) is 12.2. The molecule has 59 heavy (non-hydrogen) atoms. The predicted molar refractivity (Wildman–Crippen MR) is 245 cm³/mol. The van der Waals surface area contributed by atoms with E-state index in [1.54, 1.807) is 0 Å². The van der Waals surface area contributed by atoms with Gasteiger partial charge in [-0.15, -0.1) is 0 Å². The van der Waals surface area contributed by atoms with Gasteiger partial charge in [-0.2, -0.15) is 0 Å². The highest BCUT2D eigenvalue weighted by Gasteiger charge is 2.22. The molecule has 13 rings (SSSR count). The molecule has 0 fully saturated rings. The van der Waals surface area contributed by atoms with Crippen molar-refractivity contribution in [3.63, 3.8) is 0 Å². The SMILES string of the molecule is c1ccc(-n2c3ccccc3c3cc(-c4nc5ccccc5nc4-n4c5ccccc5c5cc6cc7c(cc6cc54)c4ccccc4n7-c4ccccc4)ccc32)cc1. The van der Waals surface area contributed by atoms with E-state index in [4.69, 9.17) is 9.97 Å². The van der Waals surface area contributed by atoms with Crippen LogP contribution in [0.4, 0.5) is 0 Å². The van der Waals surface area contributed by atoms with Gasteiger partial charge in [0.05, 0.1) is 44.1 Å². The Morgan fingerprint density at radius 1 is 0.288 bits per heavy atom. The van der Waals surface area contributed by atoms with Crippen molar-refractivity contribution in [1.82, 2.24) is 23.7 Å². The maximum Gasteiger partial charge on any atom is 0.165 e. The third-order valence-corrected chi connectivity index (χ3v) is 12.2. The fourth-order valence-electron chi connectivity index (χ4n) is 9.58. The summed E-state index contributed by atoms with van der Waals surface area (Å²) >= 11 is 0. The van der Waals surface area contributed by atoms with Crippen molar-refractivity contribution in [1.29, 1.82) is 0 Å². The molecule has 4 heterocycles. The molecule has 0 N–H and O–H groups in total. The summed E-state index contributed by atoms with van der Waals surface area (Å²) in [6.45, 7) is 0. The fraction of sp³-hybridized carbons (Fsp3) is 0. The molecule has 5 heteroatoms. The highest BCUT2D eigenvalue weighted by Crippen LogP contribution is 2.42. The first-order valence-electron chi connectivity index (χ1n) is 20.1. The van der Waals surface area contributed by atoms with E-state index in [1.807, 2.05) is 12.1 Å². The van der Waals surface area contributed by atoms with Gasteiger partial charge in [0.2, 0.25) is 0 Å². The molecule has 0 unspecified atom stereocenters. The van der Waals surface area contributed by atoms with E-state index in [0.29, 0.717) is 0 Å². The molecular weight excluding hydrogens is 719 g/mol. The van der Waals surface area contributed by atoms with Gasteiger partial charge >= 0.3 is 0 Å². The molecular formula is C54H33N5. The smallest absolute Gasteiger partial charge is 0.165 e. The van der Waals surface area contributed by atoms with Gasteiger partial charge in [-0.05, 0) is 102 Å². The van der Waals surface area contributed by atoms with Gasteiger partial charge in [0, 0.05) is 49.3 Å². The molecule has 9 aromatic carbocycles. The Hall–Kier alpha value is -8.02. The van der Waals surface area contributed by atoms with Gasteiger partial charge in [-0.25, -0.2) is 9.97 Å². The number of aromatic nitrogens is 5. The molecule has 0 atom stereocenters. The van der Waals surface area contributed by atoms with Crippen LogP contribution in [0.5, 0.6) is 0 Å². The number of para-hydroxylation sites is 7. The summed E-state index contributed by atoms with van der Waals surface area (Å²) < 4.78 is 7.09. The first-order chi connectivity index (χ1) is 29.3. The summed E-state index contributed by atoms with van der Waals surface area (Å²) in [7, 11) is 0. The monoisotopic (exact) mass is 751 g/mol.